The van der Waals surface area contributed by atoms with Gasteiger partial charge in [-0.15, -0.1) is 0 Å². The van der Waals surface area contributed by atoms with Crippen LogP contribution in [-0.2, 0) is 24.0 Å². The van der Waals surface area contributed by atoms with Crippen LogP contribution in [-0.4, -0.2) is 76.5 Å². The van der Waals surface area contributed by atoms with Gasteiger partial charge in [0.1, 0.15) is 12.1 Å². The zero-order chi connectivity index (χ0) is 19.0. The summed E-state index contributed by atoms with van der Waals surface area (Å²) in [6.45, 7) is -0.503. The minimum Gasteiger partial charge on any atom is -0.481 e. The van der Waals surface area contributed by atoms with Crippen LogP contribution in [0.3, 0.4) is 0 Å². The Bertz CT molecular complexity index is 551. The van der Waals surface area contributed by atoms with Crippen molar-refractivity contribution >= 4 is 29.7 Å². The first-order chi connectivity index (χ1) is 11.8. The van der Waals surface area contributed by atoms with Gasteiger partial charge in [0.05, 0.1) is 13.1 Å². The van der Waals surface area contributed by atoms with Crippen LogP contribution in [0.25, 0.3) is 0 Å². The Morgan fingerprint density at radius 2 is 1.84 bits per heavy atom. The third kappa shape index (κ3) is 6.37. The van der Waals surface area contributed by atoms with Gasteiger partial charge >= 0.3 is 11.9 Å². The molecule has 140 valence electrons. The molecule has 2 atom stereocenters. The van der Waals surface area contributed by atoms with Crippen LogP contribution < -0.4 is 16.4 Å². The lowest BCUT2D eigenvalue weighted by atomic mass is 10.1. The maximum atomic E-state index is 12.6. The molecule has 0 radical (unpaired) electrons. The van der Waals surface area contributed by atoms with Crippen LogP contribution in [0, 0.1) is 0 Å². The summed E-state index contributed by atoms with van der Waals surface area (Å²) in [4.78, 5) is 58.5. The molecule has 0 aromatic heterocycles. The molecule has 0 aromatic rings. The monoisotopic (exact) mass is 358 g/mol. The first-order valence-corrected chi connectivity index (χ1v) is 7.77. The Labute approximate surface area is 143 Å². The lowest BCUT2D eigenvalue weighted by Crippen LogP contribution is -2.53. The number of likely N-dealkylation sites (tertiary alicyclic amines) is 1. The van der Waals surface area contributed by atoms with Crippen molar-refractivity contribution in [1.82, 2.24) is 15.5 Å². The number of hydrogen-bond donors (Lipinski definition) is 5. The molecule has 1 aliphatic rings. The Kier molecular flexibility index (Phi) is 7.79. The van der Waals surface area contributed by atoms with Gasteiger partial charge in [0.15, 0.2) is 0 Å². The molecule has 25 heavy (non-hydrogen) atoms. The number of amides is 3. The Morgan fingerprint density at radius 1 is 1.16 bits per heavy atom. The highest BCUT2D eigenvalue weighted by Gasteiger charge is 2.37. The van der Waals surface area contributed by atoms with Crippen molar-refractivity contribution in [3.05, 3.63) is 0 Å². The number of hydrogen-bond acceptors (Lipinski definition) is 6. The summed E-state index contributed by atoms with van der Waals surface area (Å²) < 4.78 is 0. The number of nitrogens with zero attached hydrogens (tertiary/aromatic N) is 1. The fraction of sp³-hybridized carbons (Fsp3) is 0.643. The van der Waals surface area contributed by atoms with E-state index in [0.29, 0.717) is 12.8 Å². The van der Waals surface area contributed by atoms with Gasteiger partial charge in [-0.3, -0.25) is 19.2 Å². The highest BCUT2D eigenvalue weighted by atomic mass is 16.4. The second kappa shape index (κ2) is 9.57. The zero-order valence-corrected chi connectivity index (χ0v) is 13.6. The Hall–Kier alpha value is -2.69. The molecule has 3 amide bonds. The van der Waals surface area contributed by atoms with Gasteiger partial charge in [-0.05, 0) is 19.3 Å². The van der Waals surface area contributed by atoms with E-state index in [1.54, 1.807) is 0 Å². The quantitative estimate of drug-likeness (QED) is 0.300. The summed E-state index contributed by atoms with van der Waals surface area (Å²) in [6.07, 6.45) is 0.243. The van der Waals surface area contributed by atoms with E-state index in [0.717, 1.165) is 4.90 Å². The van der Waals surface area contributed by atoms with Gasteiger partial charge in [0.2, 0.25) is 17.7 Å². The van der Waals surface area contributed by atoms with E-state index in [9.17, 15) is 24.0 Å². The minimum atomic E-state index is -1.18. The van der Waals surface area contributed by atoms with Crippen molar-refractivity contribution in [1.29, 1.82) is 0 Å². The van der Waals surface area contributed by atoms with Crippen molar-refractivity contribution in [2.24, 2.45) is 5.73 Å². The zero-order valence-electron chi connectivity index (χ0n) is 13.6. The highest BCUT2D eigenvalue weighted by Crippen LogP contribution is 2.19. The maximum absolute atomic E-state index is 12.6. The number of carboxylic acid groups (broad SMARTS) is 2. The molecule has 0 aliphatic carbocycles. The minimum absolute atomic E-state index is 0.187. The maximum Gasteiger partial charge on any atom is 0.326 e. The Balaban J connectivity index is 2.75. The standard InChI is InChI=1S/C14H22N4O7/c15-6-10(19)16-7-11(20)17-8(3-4-12(21)22)13(23)18-5-1-2-9(18)14(24)25/h8-9H,1-7,15H2,(H,16,19)(H,17,20)(H,21,22)(H,24,25). The molecule has 1 heterocycles. The van der Waals surface area contributed by atoms with Crippen LogP contribution >= 0.6 is 0 Å². The van der Waals surface area contributed by atoms with Crippen molar-refractivity contribution in [3.8, 4) is 0 Å². The number of carbonyl (C=O) groups excluding carboxylic acids is 3. The third-order valence-electron chi connectivity index (χ3n) is 3.73. The molecule has 1 fully saturated rings. The van der Waals surface area contributed by atoms with E-state index in [1.807, 2.05) is 0 Å². The van der Waals surface area contributed by atoms with E-state index in [-0.39, 0.29) is 25.9 Å². The van der Waals surface area contributed by atoms with E-state index in [4.69, 9.17) is 15.9 Å². The predicted octanol–water partition coefficient (Wildman–Crippen LogP) is -2.51. The van der Waals surface area contributed by atoms with Crippen molar-refractivity contribution in [3.63, 3.8) is 0 Å². The van der Waals surface area contributed by atoms with Crippen molar-refractivity contribution in [2.45, 2.75) is 37.8 Å². The average Bonchev–Trinajstić information content (AvgIpc) is 3.05. The second-order valence-electron chi connectivity index (χ2n) is 5.56. The molecular formula is C14H22N4O7. The predicted molar refractivity (Wildman–Crippen MR) is 83.2 cm³/mol. The van der Waals surface area contributed by atoms with Gasteiger partial charge in [0, 0.05) is 13.0 Å². The fourth-order valence-electron chi connectivity index (χ4n) is 2.51. The molecule has 0 bridgehead atoms. The van der Waals surface area contributed by atoms with E-state index in [1.165, 1.54) is 0 Å². The number of carboxylic acids is 2. The van der Waals surface area contributed by atoms with Crippen LogP contribution in [0.15, 0.2) is 0 Å². The van der Waals surface area contributed by atoms with E-state index in [2.05, 4.69) is 10.6 Å². The summed E-state index contributed by atoms with van der Waals surface area (Å²) in [5.74, 6) is -4.21. The molecule has 1 aliphatic heterocycles. The largest absolute Gasteiger partial charge is 0.481 e. The lowest BCUT2D eigenvalue weighted by Gasteiger charge is -2.27. The molecule has 1 rings (SSSR count). The van der Waals surface area contributed by atoms with Crippen LogP contribution in [0.4, 0.5) is 0 Å². The van der Waals surface area contributed by atoms with E-state index < -0.39 is 48.3 Å². The first kappa shape index (κ1) is 20.4. The molecule has 11 nitrogen and oxygen atoms in total. The summed E-state index contributed by atoms with van der Waals surface area (Å²) in [5, 5.41) is 22.5. The molecule has 1 saturated heterocycles. The topological polar surface area (TPSA) is 179 Å². The summed E-state index contributed by atoms with van der Waals surface area (Å²) in [7, 11) is 0. The number of rotatable bonds is 9. The highest BCUT2D eigenvalue weighted by molar-refractivity contribution is 5.92. The summed E-state index contributed by atoms with van der Waals surface area (Å²) in [6, 6.07) is -2.17. The van der Waals surface area contributed by atoms with Crippen molar-refractivity contribution in [2.75, 3.05) is 19.6 Å². The van der Waals surface area contributed by atoms with Crippen LogP contribution in [0.1, 0.15) is 25.7 Å². The van der Waals surface area contributed by atoms with Gasteiger partial charge in [0.25, 0.3) is 0 Å². The molecule has 11 heteroatoms. The van der Waals surface area contributed by atoms with Gasteiger partial charge in [-0.1, -0.05) is 0 Å². The molecule has 0 saturated carbocycles. The number of carbonyl (C=O) groups is 5. The Morgan fingerprint density at radius 3 is 2.40 bits per heavy atom. The number of nitrogens with one attached hydrogen (secondary N) is 2. The van der Waals surface area contributed by atoms with Crippen LogP contribution in [0.5, 0.6) is 0 Å². The third-order valence-corrected chi connectivity index (χ3v) is 3.73. The number of nitrogens with two attached hydrogens (primary N) is 1. The SMILES string of the molecule is NCC(=O)NCC(=O)NC(CCC(=O)O)C(=O)N1CCCC1C(=O)O. The van der Waals surface area contributed by atoms with E-state index >= 15 is 0 Å². The smallest absolute Gasteiger partial charge is 0.326 e. The lowest BCUT2D eigenvalue weighted by molar-refractivity contribution is -0.149. The van der Waals surface area contributed by atoms with Gasteiger partial charge in [-0.2, -0.15) is 0 Å². The summed E-state index contributed by atoms with van der Waals surface area (Å²) in [5.41, 5.74) is 5.09. The normalized spacial score (nSPS) is 17.6. The molecular weight excluding hydrogens is 336 g/mol. The number of aliphatic carboxylic acids is 2. The first-order valence-electron chi connectivity index (χ1n) is 7.77. The van der Waals surface area contributed by atoms with Crippen molar-refractivity contribution < 1.29 is 34.2 Å². The fourth-order valence-corrected chi connectivity index (χ4v) is 2.51. The van der Waals surface area contributed by atoms with Crippen LogP contribution in [0.2, 0.25) is 0 Å². The summed E-state index contributed by atoms with van der Waals surface area (Å²) >= 11 is 0. The molecule has 0 spiro atoms. The molecule has 2 unspecified atom stereocenters. The second-order valence-corrected chi connectivity index (χ2v) is 5.56. The average molecular weight is 358 g/mol. The van der Waals surface area contributed by atoms with Gasteiger partial charge in [-0.25, -0.2) is 4.79 Å². The molecule has 6 N–H and O–H groups in total. The molecule has 0 aromatic carbocycles. The van der Waals surface area contributed by atoms with Gasteiger partial charge < -0.3 is 31.5 Å².